The first-order valence-electron chi connectivity index (χ1n) is 6.62. The molecule has 0 heterocycles. The fourth-order valence-corrected chi connectivity index (χ4v) is 1.90. The van der Waals surface area contributed by atoms with Gasteiger partial charge in [-0.2, -0.15) is 0 Å². The van der Waals surface area contributed by atoms with E-state index >= 15 is 0 Å². The molecular formula is C15H22O4. The second-order valence-corrected chi connectivity index (χ2v) is 4.37. The maximum absolute atomic E-state index is 10.6. The van der Waals surface area contributed by atoms with E-state index in [1.54, 1.807) is 7.11 Å². The lowest BCUT2D eigenvalue weighted by Crippen LogP contribution is -2.03. The Bertz CT molecular complexity index is 401. The largest absolute Gasteiger partial charge is 0.493 e. The Labute approximate surface area is 114 Å². The van der Waals surface area contributed by atoms with Gasteiger partial charge in [-0.1, -0.05) is 13.0 Å². The van der Waals surface area contributed by atoms with Crippen LogP contribution in [0.2, 0.25) is 0 Å². The van der Waals surface area contributed by atoms with Gasteiger partial charge in [0, 0.05) is 26.6 Å². The van der Waals surface area contributed by atoms with E-state index in [1.807, 2.05) is 18.2 Å². The number of ether oxygens (including phenoxy) is 2. The lowest BCUT2D eigenvalue weighted by Gasteiger charge is -2.11. The second-order valence-electron chi connectivity index (χ2n) is 4.37. The van der Waals surface area contributed by atoms with Crippen LogP contribution in [-0.4, -0.2) is 31.4 Å². The van der Waals surface area contributed by atoms with Gasteiger partial charge in [-0.25, -0.2) is 0 Å². The van der Waals surface area contributed by atoms with Gasteiger partial charge in [0.2, 0.25) is 0 Å². The van der Waals surface area contributed by atoms with Crippen molar-refractivity contribution in [1.82, 2.24) is 0 Å². The van der Waals surface area contributed by atoms with E-state index in [0.717, 1.165) is 29.7 Å². The van der Waals surface area contributed by atoms with Gasteiger partial charge in [-0.3, -0.25) is 4.79 Å². The minimum Gasteiger partial charge on any atom is -0.493 e. The van der Waals surface area contributed by atoms with Gasteiger partial charge in [-0.05, 0) is 36.1 Å². The van der Waals surface area contributed by atoms with E-state index in [4.69, 9.17) is 14.6 Å². The summed E-state index contributed by atoms with van der Waals surface area (Å²) in [6, 6.07) is 5.88. The summed E-state index contributed by atoms with van der Waals surface area (Å²) in [7, 11) is 1.67. The molecule has 0 radical (unpaired) electrons. The van der Waals surface area contributed by atoms with Crippen molar-refractivity contribution in [3.05, 3.63) is 29.3 Å². The molecule has 0 atom stereocenters. The monoisotopic (exact) mass is 266 g/mol. The fourth-order valence-electron chi connectivity index (χ4n) is 1.90. The molecule has 0 aliphatic heterocycles. The average molecular weight is 266 g/mol. The molecular weight excluding hydrogens is 244 g/mol. The number of carbonyl (C=O) groups is 1. The Morgan fingerprint density at radius 1 is 1.26 bits per heavy atom. The minimum absolute atomic E-state index is 0.168. The van der Waals surface area contributed by atoms with E-state index in [1.165, 1.54) is 0 Å². The predicted octanol–water partition coefficient (Wildman–Crippen LogP) is 2.68. The molecule has 0 aliphatic rings. The summed E-state index contributed by atoms with van der Waals surface area (Å²) in [6.07, 6.45) is 2.48. The first-order chi connectivity index (χ1) is 9.17. The molecule has 0 aromatic heterocycles. The van der Waals surface area contributed by atoms with E-state index < -0.39 is 5.97 Å². The number of aryl methyl sites for hydroxylation is 2. The summed E-state index contributed by atoms with van der Waals surface area (Å²) >= 11 is 0. The van der Waals surface area contributed by atoms with Gasteiger partial charge in [0.1, 0.15) is 5.75 Å². The highest BCUT2D eigenvalue weighted by molar-refractivity contribution is 5.67. The third-order valence-electron chi connectivity index (χ3n) is 2.93. The number of hydrogen-bond acceptors (Lipinski definition) is 3. The summed E-state index contributed by atoms with van der Waals surface area (Å²) in [5, 5.41) is 8.72. The van der Waals surface area contributed by atoms with Crippen molar-refractivity contribution >= 4 is 5.97 Å². The number of carboxylic acid groups (broad SMARTS) is 1. The lowest BCUT2D eigenvalue weighted by molar-refractivity contribution is -0.136. The summed E-state index contributed by atoms with van der Waals surface area (Å²) in [4.78, 5) is 10.6. The molecule has 106 valence electrons. The predicted molar refractivity (Wildman–Crippen MR) is 73.8 cm³/mol. The van der Waals surface area contributed by atoms with Crippen molar-refractivity contribution in [2.45, 2.75) is 32.6 Å². The third-order valence-corrected chi connectivity index (χ3v) is 2.93. The van der Waals surface area contributed by atoms with Crippen LogP contribution < -0.4 is 4.74 Å². The maximum Gasteiger partial charge on any atom is 0.303 e. The number of aliphatic carboxylic acids is 1. The number of benzene rings is 1. The van der Waals surface area contributed by atoms with Crippen molar-refractivity contribution < 1.29 is 19.4 Å². The first kappa shape index (κ1) is 15.5. The Morgan fingerprint density at radius 3 is 2.68 bits per heavy atom. The fraction of sp³-hybridized carbons (Fsp3) is 0.533. The van der Waals surface area contributed by atoms with E-state index in [0.29, 0.717) is 19.6 Å². The molecule has 0 saturated heterocycles. The highest BCUT2D eigenvalue weighted by Gasteiger charge is 2.06. The van der Waals surface area contributed by atoms with E-state index in [-0.39, 0.29) is 6.42 Å². The molecule has 0 amide bonds. The molecule has 1 rings (SSSR count). The van der Waals surface area contributed by atoms with Crippen LogP contribution in [0.1, 0.15) is 30.9 Å². The molecule has 0 aliphatic carbocycles. The molecule has 1 aromatic rings. The van der Waals surface area contributed by atoms with Crippen molar-refractivity contribution in [3.8, 4) is 5.75 Å². The average Bonchev–Trinajstić information content (AvgIpc) is 2.41. The van der Waals surface area contributed by atoms with Crippen LogP contribution >= 0.6 is 0 Å². The smallest absolute Gasteiger partial charge is 0.303 e. The Kier molecular flexibility index (Phi) is 6.97. The van der Waals surface area contributed by atoms with Gasteiger partial charge in [0.05, 0.1) is 6.61 Å². The normalized spacial score (nSPS) is 10.4. The number of hydrogen-bond donors (Lipinski definition) is 1. The van der Waals surface area contributed by atoms with Crippen molar-refractivity contribution in [2.75, 3.05) is 20.3 Å². The van der Waals surface area contributed by atoms with Gasteiger partial charge in [-0.15, -0.1) is 0 Å². The van der Waals surface area contributed by atoms with Crippen molar-refractivity contribution in [2.24, 2.45) is 0 Å². The van der Waals surface area contributed by atoms with Crippen LogP contribution in [0.3, 0.4) is 0 Å². The maximum atomic E-state index is 10.6. The van der Waals surface area contributed by atoms with Crippen LogP contribution in [0.25, 0.3) is 0 Å². The van der Waals surface area contributed by atoms with Gasteiger partial charge < -0.3 is 14.6 Å². The SMILES string of the molecule is CCc1cc(OCCCOC)ccc1CCC(=O)O. The van der Waals surface area contributed by atoms with Crippen LogP contribution in [0.5, 0.6) is 5.75 Å². The molecule has 0 saturated carbocycles. The highest BCUT2D eigenvalue weighted by atomic mass is 16.5. The summed E-state index contributed by atoms with van der Waals surface area (Å²) in [6.45, 7) is 3.39. The molecule has 0 spiro atoms. The van der Waals surface area contributed by atoms with Crippen molar-refractivity contribution in [3.63, 3.8) is 0 Å². The molecule has 4 nitrogen and oxygen atoms in total. The van der Waals surface area contributed by atoms with Gasteiger partial charge >= 0.3 is 5.97 Å². The topological polar surface area (TPSA) is 55.8 Å². The van der Waals surface area contributed by atoms with Crippen LogP contribution in [-0.2, 0) is 22.4 Å². The number of methoxy groups -OCH3 is 1. The van der Waals surface area contributed by atoms with E-state index in [2.05, 4.69) is 6.92 Å². The van der Waals surface area contributed by atoms with Crippen molar-refractivity contribution in [1.29, 1.82) is 0 Å². The molecule has 0 fully saturated rings. The zero-order valence-corrected chi connectivity index (χ0v) is 11.6. The number of rotatable bonds is 9. The Morgan fingerprint density at radius 2 is 2.05 bits per heavy atom. The quantitative estimate of drug-likeness (QED) is 0.698. The van der Waals surface area contributed by atoms with Gasteiger partial charge in [0.25, 0.3) is 0 Å². The molecule has 1 N–H and O–H groups in total. The molecule has 4 heteroatoms. The summed E-state index contributed by atoms with van der Waals surface area (Å²) < 4.78 is 10.6. The molecule has 0 bridgehead atoms. The highest BCUT2D eigenvalue weighted by Crippen LogP contribution is 2.20. The summed E-state index contributed by atoms with van der Waals surface area (Å²) in [5.41, 5.74) is 2.25. The minimum atomic E-state index is -0.762. The molecule has 1 aromatic carbocycles. The molecule has 0 unspecified atom stereocenters. The first-order valence-corrected chi connectivity index (χ1v) is 6.62. The van der Waals surface area contributed by atoms with E-state index in [9.17, 15) is 4.79 Å². The summed E-state index contributed by atoms with van der Waals surface area (Å²) in [5.74, 6) is 0.0778. The molecule has 19 heavy (non-hydrogen) atoms. The zero-order valence-electron chi connectivity index (χ0n) is 11.6. The third kappa shape index (κ3) is 5.75. The van der Waals surface area contributed by atoms with Crippen LogP contribution in [0.15, 0.2) is 18.2 Å². The Hall–Kier alpha value is -1.55. The zero-order chi connectivity index (χ0) is 14.1. The standard InChI is InChI=1S/C15H22O4/c1-3-12-11-14(19-10-4-9-18-2)7-5-13(12)6-8-15(16)17/h5,7,11H,3-4,6,8-10H2,1-2H3,(H,16,17). The van der Waals surface area contributed by atoms with Gasteiger partial charge in [0.15, 0.2) is 0 Å². The second kappa shape index (κ2) is 8.53. The Balaban J connectivity index is 2.59. The van der Waals surface area contributed by atoms with Crippen LogP contribution in [0.4, 0.5) is 0 Å². The number of carboxylic acids is 1. The van der Waals surface area contributed by atoms with Crippen LogP contribution in [0, 0.1) is 0 Å². The lowest BCUT2D eigenvalue weighted by atomic mass is 10.0.